The topological polar surface area (TPSA) is 29.5 Å². The second kappa shape index (κ2) is 7.04. The zero-order valence-corrected chi connectivity index (χ0v) is 16.1. The van der Waals surface area contributed by atoms with Gasteiger partial charge in [0.15, 0.2) is 5.60 Å². The van der Waals surface area contributed by atoms with Crippen molar-refractivity contribution < 1.29 is 9.53 Å². The molecule has 1 unspecified atom stereocenters. The minimum atomic E-state index is -0.673. The van der Waals surface area contributed by atoms with E-state index in [2.05, 4.69) is 22.5 Å². The van der Waals surface area contributed by atoms with Gasteiger partial charge in [-0.2, -0.15) is 0 Å². The molecule has 2 aromatic rings. The zero-order valence-electron chi connectivity index (χ0n) is 14.5. The molecule has 2 aromatic carbocycles. The van der Waals surface area contributed by atoms with E-state index in [0.29, 0.717) is 13.0 Å². The first-order valence-electron chi connectivity index (χ1n) is 8.36. The number of hydrogen-bond donors (Lipinski definition) is 0. The average molecular weight is 400 g/mol. The lowest BCUT2D eigenvalue weighted by molar-refractivity contribution is 0.0547. The average Bonchev–Trinajstić information content (AvgIpc) is 2.92. The van der Waals surface area contributed by atoms with Crippen LogP contribution < -0.4 is 0 Å². The van der Waals surface area contributed by atoms with Crippen LogP contribution in [0.15, 0.2) is 71.2 Å². The molecule has 0 saturated carbocycles. The van der Waals surface area contributed by atoms with Crippen LogP contribution in [0.4, 0.5) is 4.79 Å². The Labute approximate surface area is 157 Å². The lowest BCUT2D eigenvalue weighted by atomic mass is 9.87. The summed E-state index contributed by atoms with van der Waals surface area (Å²) in [4.78, 5) is 14.5. The Bertz CT molecular complexity index is 772. The van der Waals surface area contributed by atoms with Crippen LogP contribution in [0.3, 0.4) is 0 Å². The Morgan fingerprint density at radius 3 is 2.48 bits per heavy atom. The van der Waals surface area contributed by atoms with E-state index in [4.69, 9.17) is 4.74 Å². The van der Waals surface area contributed by atoms with E-state index in [9.17, 15) is 4.79 Å². The summed E-state index contributed by atoms with van der Waals surface area (Å²) in [5, 5.41) is 0. The lowest BCUT2D eigenvalue weighted by Gasteiger charge is -2.29. The molecule has 1 fully saturated rings. The highest BCUT2D eigenvalue weighted by atomic mass is 79.9. The Kier molecular flexibility index (Phi) is 5.00. The van der Waals surface area contributed by atoms with Gasteiger partial charge in [-0.15, -0.1) is 0 Å². The number of halogens is 1. The molecule has 25 heavy (non-hydrogen) atoms. The molecule has 0 aromatic heterocycles. The van der Waals surface area contributed by atoms with Gasteiger partial charge in [0.1, 0.15) is 0 Å². The SMILES string of the molecule is C=C(C)CC1(c2ccccc2)CN([C@@H](C)c2ccc(Br)cc2)C(=O)O1. The molecule has 3 rings (SSSR count). The molecule has 130 valence electrons. The van der Waals surface area contributed by atoms with Crippen LogP contribution in [0.5, 0.6) is 0 Å². The minimum absolute atomic E-state index is 0.0590. The van der Waals surface area contributed by atoms with Crippen molar-refractivity contribution in [1.29, 1.82) is 0 Å². The third-order valence-corrected chi connectivity index (χ3v) is 5.18. The molecule has 1 aliphatic heterocycles. The molecule has 0 N–H and O–H groups in total. The van der Waals surface area contributed by atoms with Gasteiger partial charge in [-0.3, -0.25) is 4.90 Å². The van der Waals surface area contributed by atoms with Gasteiger partial charge in [-0.05, 0) is 37.1 Å². The van der Waals surface area contributed by atoms with E-state index >= 15 is 0 Å². The number of rotatable bonds is 5. The van der Waals surface area contributed by atoms with Crippen molar-refractivity contribution in [3.05, 3.63) is 82.3 Å². The van der Waals surface area contributed by atoms with Crippen LogP contribution in [0, 0.1) is 0 Å². The number of ether oxygens (including phenoxy) is 1. The maximum Gasteiger partial charge on any atom is 0.411 e. The number of amides is 1. The highest BCUT2D eigenvalue weighted by Crippen LogP contribution is 2.41. The van der Waals surface area contributed by atoms with Crippen LogP contribution in [-0.2, 0) is 10.3 Å². The summed E-state index contributed by atoms with van der Waals surface area (Å²) in [5.74, 6) is 0. The third kappa shape index (κ3) is 3.64. The Balaban J connectivity index is 1.92. The van der Waals surface area contributed by atoms with E-state index in [1.807, 2.05) is 68.4 Å². The van der Waals surface area contributed by atoms with Gasteiger partial charge in [-0.25, -0.2) is 4.79 Å². The summed E-state index contributed by atoms with van der Waals surface area (Å²) < 4.78 is 6.96. The van der Waals surface area contributed by atoms with Crippen molar-refractivity contribution in [1.82, 2.24) is 4.90 Å². The summed E-state index contributed by atoms with van der Waals surface area (Å²) in [7, 11) is 0. The van der Waals surface area contributed by atoms with Gasteiger partial charge < -0.3 is 4.74 Å². The molecule has 0 radical (unpaired) electrons. The van der Waals surface area contributed by atoms with E-state index in [-0.39, 0.29) is 12.1 Å². The van der Waals surface area contributed by atoms with Crippen LogP contribution in [-0.4, -0.2) is 17.5 Å². The summed E-state index contributed by atoms with van der Waals surface area (Å²) in [5.41, 5.74) is 2.42. The first-order chi connectivity index (χ1) is 11.9. The standard InChI is InChI=1S/C21H22BrNO2/c1-15(2)13-21(18-7-5-4-6-8-18)14-23(20(24)25-21)16(3)17-9-11-19(22)12-10-17/h4-12,16H,1,13-14H2,2-3H3/t16-,21?/m0/s1. The molecular weight excluding hydrogens is 378 g/mol. The highest BCUT2D eigenvalue weighted by Gasteiger charge is 2.47. The summed E-state index contributed by atoms with van der Waals surface area (Å²) >= 11 is 3.45. The number of carbonyl (C=O) groups excluding carboxylic acids is 1. The third-order valence-electron chi connectivity index (χ3n) is 4.65. The fraction of sp³-hybridized carbons (Fsp3) is 0.286. The second-order valence-corrected chi connectivity index (χ2v) is 7.63. The Morgan fingerprint density at radius 1 is 1.24 bits per heavy atom. The summed E-state index contributed by atoms with van der Waals surface area (Å²) in [6.45, 7) is 8.56. The van der Waals surface area contributed by atoms with Gasteiger partial charge in [0.2, 0.25) is 0 Å². The Morgan fingerprint density at radius 2 is 1.88 bits per heavy atom. The van der Waals surface area contributed by atoms with Crippen molar-refractivity contribution in [2.24, 2.45) is 0 Å². The van der Waals surface area contributed by atoms with Crippen molar-refractivity contribution in [2.45, 2.75) is 31.9 Å². The predicted octanol–water partition coefficient (Wildman–Crippen LogP) is 5.82. The number of cyclic esters (lactones) is 1. The predicted molar refractivity (Wildman–Crippen MR) is 103 cm³/mol. The number of benzene rings is 2. The van der Waals surface area contributed by atoms with Crippen LogP contribution in [0.25, 0.3) is 0 Å². The van der Waals surface area contributed by atoms with E-state index in [0.717, 1.165) is 21.2 Å². The number of hydrogen-bond acceptors (Lipinski definition) is 2. The van der Waals surface area contributed by atoms with Gasteiger partial charge in [-0.1, -0.05) is 70.5 Å². The van der Waals surface area contributed by atoms with Crippen LogP contribution >= 0.6 is 15.9 Å². The first-order valence-corrected chi connectivity index (χ1v) is 9.15. The molecule has 0 spiro atoms. The largest absolute Gasteiger partial charge is 0.436 e. The smallest absolute Gasteiger partial charge is 0.411 e. The van der Waals surface area contributed by atoms with Crippen LogP contribution in [0.1, 0.15) is 37.4 Å². The van der Waals surface area contributed by atoms with Crippen molar-refractivity contribution in [2.75, 3.05) is 6.54 Å². The number of carbonyl (C=O) groups is 1. The van der Waals surface area contributed by atoms with Crippen molar-refractivity contribution in [3.8, 4) is 0 Å². The maximum absolute atomic E-state index is 12.7. The molecule has 0 bridgehead atoms. The van der Waals surface area contributed by atoms with Crippen molar-refractivity contribution >= 4 is 22.0 Å². The molecule has 1 saturated heterocycles. The molecule has 4 heteroatoms. The monoisotopic (exact) mass is 399 g/mol. The van der Waals surface area contributed by atoms with Crippen molar-refractivity contribution in [3.63, 3.8) is 0 Å². The summed E-state index contributed by atoms with van der Waals surface area (Å²) in [6, 6.07) is 17.9. The van der Waals surface area contributed by atoms with Gasteiger partial charge in [0.05, 0.1) is 12.6 Å². The molecule has 3 nitrogen and oxygen atoms in total. The highest BCUT2D eigenvalue weighted by molar-refractivity contribution is 9.10. The Hall–Kier alpha value is -2.07. The van der Waals surface area contributed by atoms with E-state index in [1.165, 1.54) is 0 Å². The molecule has 1 heterocycles. The molecular formula is C21H22BrNO2. The lowest BCUT2D eigenvalue weighted by Crippen LogP contribution is -2.33. The van der Waals surface area contributed by atoms with Gasteiger partial charge in [0, 0.05) is 10.9 Å². The van der Waals surface area contributed by atoms with E-state index in [1.54, 1.807) is 4.90 Å². The minimum Gasteiger partial charge on any atom is -0.436 e. The molecule has 1 aliphatic rings. The summed E-state index contributed by atoms with van der Waals surface area (Å²) in [6.07, 6.45) is 0.340. The van der Waals surface area contributed by atoms with Gasteiger partial charge >= 0.3 is 6.09 Å². The quantitative estimate of drug-likeness (QED) is 0.592. The zero-order chi connectivity index (χ0) is 18.0. The fourth-order valence-corrected chi connectivity index (χ4v) is 3.65. The molecule has 0 aliphatic carbocycles. The van der Waals surface area contributed by atoms with E-state index < -0.39 is 5.60 Å². The second-order valence-electron chi connectivity index (χ2n) is 6.72. The number of nitrogens with zero attached hydrogens (tertiary/aromatic N) is 1. The normalized spacial score (nSPS) is 21.1. The first kappa shape index (κ1) is 17.7. The van der Waals surface area contributed by atoms with Crippen LogP contribution in [0.2, 0.25) is 0 Å². The fourth-order valence-electron chi connectivity index (χ4n) is 3.39. The molecule has 1 amide bonds. The maximum atomic E-state index is 12.7. The van der Waals surface area contributed by atoms with Gasteiger partial charge in [0.25, 0.3) is 0 Å². The molecule has 2 atom stereocenters.